The molecule has 170 valence electrons. The maximum absolute atomic E-state index is 10.8. The normalized spacial score (nSPS) is 22.0. The third-order valence-electron chi connectivity index (χ3n) is 6.03. The molecular weight excluding hydrogens is 408 g/mol. The van der Waals surface area contributed by atoms with Gasteiger partial charge in [-0.3, -0.25) is 4.90 Å². The number of nitrogens with one attached hydrogen (secondary N) is 2. The minimum Gasteiger partial charge on any atom is -0.497 e. The molecule has 3 unspecified atom stereocenters. The van der Waals surface area contributed by atoms with Gasteiger partial charge in [0.05, 0.1) is 13.7 Å². The van der Waals surface area contributed by atoms with Crippen molar-refractivity contribution >= 4 is 17.3 Å². The molecule has 3 N–H and O–H groups in total. The molecule has 31 heavy (non-hydrogen) atoms. The Morgan fingerprint density at radius 3 is 2.71 bits per heavy atom. The number of nitrogens with zero attached hydrogens (tertiary/aromatic N) is 2. The minimum absolute atomic E-state index is 0.311. The van der Waals surface area contributed by atoms with E-state index in [2.05, 4.69) is 46.6 Å². The smallest absolute Gasteiger partial charge is 0.191 e. The van der Waals surface area contributed by atoms with E-state index in [4.69, 9.17) is 4.74 Å². The lowest BCUT2D eigenvalue weighted by molar-refractivity contribution is 0.0676. The summed E-state index contributed by atoms with van der Waals surface area (Å²) >= 11 is 1.59. The Morgan fingerprint density at radius 2 is 2.06 bits per heavy atom. The molecule has 1 aliphatic heterocycles. The summed E-state index contributed by atoms with van der Waals surface area (Å²) in [6, 6.07) is 10.7. The Bertz CT molecular complexity index is 821. The zero-order chi connectivity index (χ0) is 22.3. The van der Waals surface area contributed by atoms with Gasteiger partial charge in [-0.25, -0.2) is 4.99 Å². The van der Waals surface area contributed by atoms with Crippen molar-refractivity contribution in [1.29, 1.82) is 0 Å². The number of rotatable bonds is 8. The van der Waals surface area contributed by atoms with Crippen LogP contribution in [0.2, 0.25) is 0 Å². The van der Waals surface area contributed by atoms with Crippen LogP contribution in [0.25, 0.3) is 0 Å². The molecule has 0 radical (unpaired) electrons. The molecule has 2 heterocycles. The van der Waals surface area contributed by atoms with Crippen molar-refractivity contribution in [3.8, 4) is 5.75 Å². The molecule has 3 rings (SSSR count). The van der Waals surface area contributed by atoms with E-state index in [1.54, 1.807) is 18.4 Å². The number of likely N-dealkylation sites (tertiary alicyclic amines) is 1. The zero-order valence-corrected chi connectivity index (χ0v) is 19.9. The molecule has 0 bridgehead atoms. The zero-order valence-electron chi connectivity index (χ0n) is 19.1. The molecule has 0 amide bonds. The monoisotopic (exact) mass is 444 g/mol. The first-order valence-electron chi connectivity index (χ1n) is 11.1. The molecule has 7 heteroatoms. The standard InChI is InChI=1S/C24H36N4O2S/c1-5-25-23(27-17-24(2,29)20-12-14-31-16-20)26-15-19-7-6-13-28(3)22(19)18-8-10-21(30-4)11-9-18/h8-12,14,16,19,22,29H,5-7,13,15,17H2,1-4H3,(H2,25,26,27). The summed E-state index contributed by atoms with van der Waals surface area (Å²) in [5.41, 5.74) is 1.25. The molecule has 0 saturated carbocycles. The van der Waals surface area contributed by atoms with E-state index in [0.29, 0.717) is 18.5 Å². The Kier molecular flexibility index (Phi) is 8.35. The number of aliphatic hydroxyl groups is 1. The van der Waals surface area contributed by atoms with Gasteiger partial charge < -0.3 is 20.5 Å². The van der Waals surface area contributed by atoms with Crippen molar-refractivity contribution in [1.82, 2.24) is 15.5 Å². The SMILES string of the molecule is CCNC(=NCC(C)(O)c1ccsc1)NCC1CCCN(C)C1c1ccc(OC)cc1. The predicted molar refractivity (Wildman–Crippen MR) is 129 cm³/mol. The van der Waals surface area contributed by atoms with Gasteiger partial charge in [0, 0.05) is 19.1 Å². The number of guanidine groups is 1. The lowest BCUT2D eigenvalue weighted by Crippen LogP contribution is -2.45. The first-order chi connectivity index (χ1) is 14.9. The molecule has 0 spiro atoms. The summed E-state index contributed by atoms with van der Waals surface area (Å²) in [5, 5.41) is 21.6. The summed E-state index contributed by atoms with van der Waals surface area (Å²) in [6.45, 7) is 6.89. The number of aliphatic imine (C=N–C) groups is 1. The lowest BCUT2D eigenvalue weighted by atomic mass is 9.85. The Labute approximate surface area is 190 Å². The second-order valence-electron chi connectivity index (χ2n) is 8.46. The van der Waals surface area contributed by atoms with Crippen LogP contribution in [0.4, 0.5) is 0 Å². The molecule has 3 atom stereocenters. The summed E-state index contributed by atoms with van der Waals surface area (Å²) < 4.78 is 5.33. The van der Waals surface area contributed by atoms with E-state index < -0.39 is 5.60 Å². The number of ether oxygens (including phenoxy) is 1. The van der Waals surface area contributed by atoms with E-state index in [0.717, 1.165) is 36.9 Å². The third kappa shape index (κ3) is 6.21. The van der Waals surface area contributed by atoms with Gasteiger partial charge in [0.2, 0.25) is 0 Å². The Hall–Kier alpha value is -2.09. The van der Waals surface area contributed by atoms with Gasteiger partial charge in [-0.1, -0.05) is 12.1 Å². The van der Waals surface area contributed by atoms with Gasteiger partial charge in [0.1, 0.15) is 11.4 Å². The van der Waals surface area contributed by atoms with Crippen LogP contribution in [0.15, 0.2) is 46.1 Å². The highest BCUT2D eigenvalue weighted by Gasteiger charge is 2.30. The van der Waals surface area contributed by atoms with Crippen LogP contribution in [0.3, 0.4) is 0 Å². The summed E-state index contributed by atoms with van der Waals surface area (Å²) in [6.07, 6.45) is 2.36. The molecule has 6 nitrogen and oxygen atoms in total. The maximum atomic E-state index is 10.8. The third-order valence-corrected chi connectivity index (χ3v) is 6.71. The van der Waals surface area contributed by atoms with Gasteiger partial charge in [-0.2, -0.15) is 11.3 Å². The first-order valence-corrected chi connectivity index (χ1v) is 12.0. The van der Waals surface area contributed by atoms with Crippen molar-refractivity contribution < 1.29 is 9.84 Å². The van der Waals surface area contributed by atoms with E-state index in [1.165, 1.54) is 18.4 Å². The van der Waals surface area contributed by atoms with Crippen molar-refractivity contribution in [2.75, 3.05) is 40.3 Å². The number of thiophene rings is 1. The number of hydrogen-bond donors (Lipinski definition) is 3. The molecule has 1 aromatic carbocycles. The summed E-state index contributed by atoms with van der Waals surface area (Å²) in [4.78, 5) is 7.13. The number of piperidine rings is 1. The Balaban J connectivity index is 1.68. The maximum Gasteiger partial charge on any atom is 0.191 e. The van der Waals surface area contributed by atoms with Crippen molar-refractivity contribution in [3.63, 3.8) is 0 Å². The van der Waals surface area contributed by atoms with Gasteiger partial charge in [-0.15, -0.1) is 0 Å². The summed E-state index contributed by atoms with van der Waals surface area (Å²) in [5.74, 6) is 2.10. The van der Waals surface area contributed by atoms with Crippen molar-refractivity contribution in [2.24, 2.45) is 10.9 Å². The van der Waals surface area contributed by atoms with Crippen LogP contribution in [0, 0.1) is 5.92 Å². The predicted octanol–water partition coefficient (Wildman–Crippen LogP) is 3.60. The van der Waals surface area contributed by atoms with E-state index in [9.17, 15) is 5.11 Å². The summed E-state index contributed by atoms with van der Waals surface area (Å²) in [7, 11) is 3.91. The number of benzene rings is 1. The molecule has 1 saturated heterocycles. The molecule has 1 aromatic heterocycles. The highest BCUT2D eigenvalue weighted by Crippen LogP contribution is 2.35. The fraction of sp³-hybridized carbons (Fsp3) is 0.542. The van der Waals surface area contributed by atoms with Crippen molar-refractivity contribution in [3.05, 3.63) is 52.2 Å². The second-order valence-corrected chi connectivity index (χ2v) is 9.24. The molecule has 2 aromatic rings. The van der Waals surface area contributed by atoms with Crippen LogP contribution >= 0.6 is 11.3 Å². The van der Waals surface area contributed by atoms with Gasteiger partial charge in [-0.05, 0) is 86.3 Å². The van der Waals surface area contributed by atoms with Crippen LogP contribution in [-0.4, -0.2) is 56.3 Å². The van der Waals surface area contributed by atoms with Crippen LogP contribution < -0.4 is 15.4 Å². The topological polar surface area (TPSA) is 69.1 Å². The average molecular weight is 445 g/mol. The molecule has 1 fully saturated rings. The van der Waals surface area contributed by atoms with Crippen LogP contribution in [-0.2, 0) is 5.60 Å². The molecular formula is C24H36N4O2S. The van der Waals surface area contributed by atoms with E-state index in [-0.39, 0.29) is 0 Å². The molecule has 0 aliphatic carbocycles. The van der Waals surface area contributed by atoms with Gasteiger partial charge >= 0.3 is 0 Å². The average Bonchev–Trinajstić information content (AvgIpc) is 3.32. The fourth-order valence-electron chi connectivity index (χ4n) is 4.27. The van der Waals surface area contributed by atoms with E-state index in [1.807, 2.05) is 35.9 Å². The largest absolute Gasteiger partial charge is 0.497 e. The van der Waals surface area contributed by atoms with Gasteiger partial charge in [0.15, 0.2) is 5.96 Å². The van der Waals surface area contributed by atoms with Crippen molar-refractivity contribution in [2.45, 2.75) is 38.3 Å². The Morgan fingerprint density at radius 1 is 1.29 bits per heavy atom. The fourth-order valence-corrected chi connectivity index (χ4v) is 5.05. The second kappa shape index (κ2) is 11.0. The number of hydrogen-bond acceptors (Lipinski definition) is 5. The highest BCUT2D eigenvalue weighted by molar-refractivity contribution is 7.08. The lowest BCUT2D eigenvalue weighted by Gasteiger charge is -2.40. The van der Waals surface area contributed by atoms with Crippen LogP contribution in [0.1, 0.15) is 43.9 Å². The number of methoxy groups -OCH3 is 1. The van der Waals surface area contributed by atoms with E-state index >= 15 is 0 Å². The quantitative estimate of drug-likeness (QED) is 0.429. The minimum atomic E-state index is -0.973. The van der Waals surface area contributed by atoms with Crippen LogP contribution in [0.5, 0.6) is 5.75 Å². The first kappa shape index (κ1) is 23.6. The molecule has 1 aliphatic rings. The van der Waals surface area contributed by atoms with Gasteiger partial charge in [0.25, 0.3) is 0 Å². The highest BCUT2D eigenvalue weighted by atomic mass is 32.1.